The van der Waals surface area contributed by atoms with Gasteiger partial charge >= 0.3 is 0 Å². The van der Waals surface area contributed by atoms with Gasteiger partial charge in [-0.3, -0.25) is 4.79 Å². The van der Waals surface area contributed by atoms with E-state index in [0.717, 1.165) is 33.5 Å². The number of carbonyl (C=O) groups is 1. The SMILES string of the molecule is C=C/C=C(\C=C(/C)N(C)C)C(=O)Nc1ccccc1-c1cc2ccccc2[nH]1. The van der Waals surface area contributed by atoms with Crippen molar-refractivity contribution in [3.8, 4) is 11.3 Å². The van der Waals surface area contributed by atoms with Gasteiger partial charge in [0.1, 0.15) is 0 Å². The summed E-state index contributed by atoms with van der Waals surface area (Å²) in [5.41, 5.74) is 5.25. The first-order valence-electron chi connectivity index (χ1n) is 9.16. The number of carbonyl (C=O) groups excluding carboxylic acids is 1. The molecule has 0 aliphatic heterocycles. The van der Waals surface area contributed by atoms with Gasteiger partial charge in [0.15, 0.2) is 0 Å². The summed E-state index contributed by atoms with van der Waals surface area (Å²) in [7, 11) is 3.89. The van der Waals surface area contributed by atoms with Gasteiger partial charge < -0.3 is 15.2 Å². The van der Waals surface area contributed by atoms with Crippen LogP contribution in [0.2, 0.25) is 0 Å². The van der Waals surface area contributed by atoms with E-state index in [9.17, 15) is 4.79 Å². The first-order chi connectivity index (χ1) is 13.5. The number of allylic oxidation sites excluding steroid dienone is 3. The van der Waals surface area contributed by atoms with E-state index in [1.54, 1.807) is 12.2 Å². The minimum atomic E-state index is -0.176. The maximum absolute atomic E-state index is 12.9. The van der Waals surface area contributed by atoms with E-state index in [1.807, 2.05) is 74.5 Å². The third-order valence-electron chi connectivity index (χ3n) is 4.62. The molecular formula is C24H25N3O. The quantitative estimate of drug-likeness (QED) is 0.453. The van der Waals surface area contributed by atoms with Crippen molar-refractivity contribution in [2.24, 2.45) is 0 Å². The Morgan fingerprint density at radius 1 is 1.11 bits per heavy atom. The van der Waals surface area contributed by atoms with Crippen LogP contribution in [0.4, 0.5) is 5.69 Å². The first-order valence-corrected chi connectivity index (χ1v) is 9.16. The highest BCUT2D eigenvalue weighted by atomic mass is 16.1. The Morgan fingerprint density at radius 2 is 1.82 bits per heavy atom. The molecule has 0 spiro atoms. The number of H-pyrrole nitrogens is 1. The van der Waals surface area contributed by atoms with Crippen molar-refractivity contribution < 1.29 is 4.79 Å². The fourth-order valence-corrected chi connectivity index (χ4v) is 2.91. The summed E-state index contributed by atoms with van der Waals surface area (Å²) in [6, 6.07) is 18.0. The number of amides is 1. The van der Waals surface area contributed by atoms with Crippen molar-refractivity contribution in [1.29, 1.82) is 0 Å². The van der Waals surface area contributed by atoms with Gasteiger partial charge in [0.05, 0.1) is 5.69 Å². The Hall–Kier alpha value is -3.53. The minimum Gasteiger partial charge on any atom is -0.381 e. The molecule has 3 rings (SSSR count). The standard InChI is InChI=1S/C24H25N3O/c1-5-10-19(15-17(2)27(3)4)24(28)26-22-14-9-7-12-20(22)23-16-18-11-6-8-13-21(18)25-23/h5-16,25H,1H2,2-4H3,(H,26,28)/b17-15+,19-10+. The molecule has 0 unspecified atom stereocenters. The number of nitrogens with one attached hydrogen (secondary N) is 2. The van der Waals surface area contributed by atoms with Crippen molar-refractivity contribution in [3.05, 3.63) is 90.7 Å². The van der Waals surface area contributed by atoms with Gasteiger partial charge in [-0.15, -0.1) is 0 Å². The fraction of sp³-hybridized carbons (Fsp3) is 0.125. The third kappa shape index (κ3) is 4.23. The van der Waals surface area contributed by atoms with Crippen molar-refractivity contribution in [2.45, 2.75) is 6.92 Å². The van der Waals surface area contributed by atoms with E-state index < -0.39 is 0 Å². The Labute approximate surface area is 165 Å². The molecule has 1 heterocycles. The van der Waals surface area contributed by atoms with Gasteiger partial charge in [-0.05, 0) is 37.3 Å². The van der Waals surface area contributed by atoms with Crippen molar-refractivity contribution in [3.63, 3.8) is 0 Å². The van der Waals surface area contributed by atoms with Crippen molar-refractivity contribution >= 4 is 22.5 Å². The Kier molecular flexibility index (Phi) is 5.80. The summed E-state index contributed by atoms with van der Waals surface area (Å²) >= 11 is 0. The Bertz CT molecular complexity index is 1040. The predicted molar refractivity (Wildman–Crippen MR) is 118 cm³/mol. The van der Waals surface area contributed by atoms with Crippen LogP contribution in [-0.2, 0) is 4.79 Å². The molecule has 28 heavy (non-hydrogen) atoms. The molecule has 0 saturated carbocycles. The molecule has 0 fully saturated rings. The molecule has 4 heteroatoms. The second-order valence-electron chi connectivity index (χ2n) is 6.81. The van der Waals surface area contributed by atoms with Crippen LogP contribution in [-0.4, -0.2) is 29.9 Å². The molecule has 0 atom stereocenters. The maximum atomic E-state index is 12.9. The number of fused-ring (bicyclic) bond motifs is 1. The van der Waals surface area contributed by atoms with Gasteiger partial charge in [-0.1, -0.05) is 49.1 Å². The highest BCUT2D eigenvalue weighted by molar-refractivity contribution is 6.08. The monoisotopic (exact) mass is 371 g/mol. The maximum Gasteiger partial charge on any atom is 0.255 e. The number of hydrogen-bond donors (Lipinski definition) is 2. The number of rotatable bonds is 6. The van der Waals surface area contributed by atoms with Gasteiger partial charge in [0, 0.05) is 47.5 Å². The van der Waals surface area contributed by atoms with E-state index in [1.165, 1.54) is 0 Å². The molecule has 142 valence electrons. The molecule has 0 radical (unpaired) electrons. The summed E-state index contributed by atoms with van der Waals surface area (Å²) < 4.78 is 0. The van der Waals surface area contributed by atoms with E-state index in [2.05, 4.69) is 29.0 Å². The molecule has 2 aromatic carbocycles. The average Bonchev–Trinajstić information content (AvgIpc) is 3.11. The number of aromatic nitrogens is 1. The van der Waals surface area contributed by atoms with Crippen LogP contribution in [0.15, 0.2) is 90.7 Å². The minimum absolute atomic E-state index is 0.176. The second-order valence-corrected chi connectivity index (χ2v) is 6.81. The lowest BCUT2D eigenvalue weighted by Crippen LogP contribution is -2.16. The normalized spacial score (nSPS) is 12.1. The molecular weight excluding hydrogens is 346 g/mol. The average molecular weight is 371 g/mol. The lowest BCUT2D eigenvalue weighted by molar-refractivity contribution is -0.112. The Morgan fingerprint density at radius 3 is 2.54 bits per heavy atom. The number of nitrogens with zero attached hydrogens (tertiary/aromatic N) is 1. The van der Waals surface area contributed by atoms with E-state index in [0.29, 0.717) is 5.57 Å². The zero-order valence-electron chi connectivity index (χ0n) is 16.5. The highest BCUT2D eigenvalue weighted by Crippen LogP contribution is 2.30. The molecule has 4 nitrogen and oxygen atoms in total. The summed E-state index contributed by atoms with van der Waals surface area (Å²) in [5.74, 6) is -0.176. The van der Waals surface area contributed by atoms with Gasteiger partial charge in [0.25, 0.3) is 5.91 Å². The van der Waals surface area contributed by atoms with Crippen LogP contribution >= 0.6 is 0 Å². The lowest BCUT2D eigenvalue weighted by Gasteiger charge is -2.14. The number of anilines is 1. The number of benzene rings is 2. The van der Waals surface area contributed by atoms with Gasteiger partial charge in [0.2, 0.25) is 0 Å². The van der Waals surface area contributed by atoms with Gasteiger partial charge in [-0.2, -0.15) is 0 Å². The van der Waals surface area contributed by atoms with Gasteiger partial charge in [-0.25, -0.2) is 0 Å². The molecule has 0 aliphatic rings. The van der Waals surface area contributed by atoms with Crippen molar-refractivity contribution in [1.82, 2.24) is 9.88 Å². The summed E-state index contributed by atoms with van der Waals surface area (Å²) in [4.78, 5) is 18.3. The van der Waals surface area contributed by atoms with Crippen LogP contribution in [0.1, 0.15) is 6.92 Å². The topological polar surface area (TPSA) is 48.1 Å². The smallest absolute Gasteiger partial charge is 0.255 e. The van der Waals surface area contributed by atoms with Crippen LogP contribution in [0.3, 0.4) is 0 Å². The van der Waals surface area contributed by atoms with E-state index in [4.69, 9.17) is 0 Å². The zero-order valence-corrected chi connectivity index (χ0v) is 16.5. The second kappa shape index (κ2) is 8.44. The highest BCUT2D eigenvalue weighted by Gasteiger charge is 2.13. The molecule has 1 aromatic heterocycles. The van der Waals surface area contributed by atoms with Crippen molar-refractivity contribution in [2.75, 3.05) is 19.4 Å². The fourth-order valence-electron chi connectivity index (χ4n) is 2.91. The lowest BCUT2D eigenvalue weighted by atomic mass is 10.1. The largest absolute Gasteiger partial charge is 0.381 e. The molecule has 3 aromatic rings. The molecule has 2 N–H and O–H groups in total. The summed E-state index contributed by atoms with van der Waals surface area (Å²) in [6.07, 6.45) is 5.19. The zero-order chi connectivity index (χ0) is 20.1. The molecule has 0 aliphatic carbocycles. The van der Waals surface area contributed by atoms with E-state index >= 15 is 0 Å². The van der Waals surface area contributed by atoms with Crippen LogP contribution < -0.4 is 5.32 Å². The summed E-state index contributed by atoms with van der Waals surface area (Å²) in [6.45, 7) is 5.69. The summed E-state index contributed by atoms with van der Waals surface area (Å²) in [5, 5.41) is 4.18. The molecule has 0 saturated heterocycles. The molecule has 1 amide bonds. The van der Waals surface area contributed by atoms with Crippen LogP contribution in [0.5, 0.6) is 0 Å². The number of hydrogen-bond acceptors (Lipinski definition) is 2. The van der Waals surface area contributed by atoms with Crippen LogP contribution in [0, 0.1) is 0 Å². The number of aromatic amines is 1. The predicted octanol–water partition coefficient (Wildman–Crippen LogP) is 5.35. The number of para-hydroxylation sites is 2. The van der Waals surface area contributed by atoms with E-state index in [-0.39, 0.29) is 5.91 Å². The first kappa shape index (κ1) is 19.2. The molecule has 0 bridgehead atoms. The Balaban J connectivity index is 1.94. The van der Waals surface area contributed by atoms with Crippen LogP contribution in [0.25, 0.3) is 22.2 Å². The third-order valence-corrected chi connectivity index (χ3v) is 4.62.